The van der Waals surface area contributed by atoms with Gasteiger partial charge in [0.2, 0.25) is 0 Å². The van der Waals surface area contributed by atoms with Crippen LogP contribution in [0.5, 0.6) is 0 Å². The third-order valence-electron chi connectivity index (χ3n) is 5.77. The number of nitrogens with zero attached hydrogens (tertiary/aromatic N) is 1. The van der Waals surface area contributed by atoms with Gasteiger partial charge in [-0.15, -0.1) is 0 Å². The Morgan fingerprint density at radius 2 is 2.00 bits per heavy atom. The summed E-state index contributed by atoms with van der Waals surface area (Å²) in [5, 5.41) is 3.70. The molecular weight excluding hydrogens is 368 g/mol. The Morgan fingerprint density at radius 1 is 1.21 bits per heavy atom. The highest BCUT2D eigenvalue weighted by Gasteiger charge is 2.27. The number of hydrogen-bond donors (Lipinski definition) is 1. The Morgan fingerprint density at radius 3 is 2.79 bits per heavy atom. The Labute approximate surface area is 171 Å². The standard InChI is InChI=1S/C23H30N2O4/c1-15(2)28-12-4-3-9-24-22(26)19-14-17-13-16-7-5-10-25-11-6-8-18(20(16)25)21(17)29-23(19)27/h13-15H,3-12H2,1-2H3,(H,24,26). The minimum absolute atomic E-state index is 0.0894. The number of hydrogen-bond acceptors (Lipinski definition) is 5. The van der Waals surface area contributed by atoms with Gasteiger partial charge in [0, 0.05) is 42.9 Å². The Kier molecular flexibility index (Phi) is 5.90. The molecule has 0 fully saturated rings. The molecule has 2 aliphatic heterocycles. The highest BCUT2D eigenvalue weighted by Crippen LogP contribution is 2.39. The normalized spacial score (nSPS) is 15.6. The second kappa shape index (κ2) is 8.57. The molecule has 1 aromatic heterocycles. The number of carbonyl (C=O) groups is 1. The third-order valence-corrected chi connectivity index (χ3v) is 5.77. The molecule has 0 spiro atoms. The molecule has 2 aromatic rings. The van der Waals surface area contributed by atoms with Crippen molar-refractivity contribution < 1.29 is 13.9 Å². The Bertz CT molecular complexity index is 961. The third kappa shape index (κ3) is 4.17. The Balaban J connectivity index is 1.52. The first-order valence-electron chi connectivity index (χ1n) is 10.8. The van der Waals surface area contributed by atoms with Crippen molar-refractivity contribution in [2.75, 3.05) is 31.1 Å². The fraction of sp³-hybridized carbons (Fsp3) is 0.565. The van der Waals surface area contributed by atoms with Crippen LogP contribution in [-0.4, -0.2) is 38.3 Å². The molecule has 0 atom stereocenters. The minimum atomic E-state index is -0.553. The van der Waals surface area contributed by atoms with E-state index in [4.69, 9.17) is 9.15 Å². The largest absolute Gasteiger partial charge is 0.422 e. The van der Waals surface area contributed by atoms with E-state index in [1.165, 1.54) is 11.3 Å². The molecule has 6 nitrogen and oxygen atoms in total. The molecule has 0 saturated carbocycles. The van der Waals surface area contributed by atoms with Crippen molar-refractivity contribution in [3.63, 3.8) is 0 Å². The van der Waals surface area contributed by atoms with Gasteiger partial charge < -0.3 is 19.4 Å². The summed E-state index contributed by atoms with van der Waals surface area (Å²) in [6, 6.07) is 3.82. The molecule has 1 amide bonds. The maximum Gasteiger partial charge on any atom is 0.349 e. The van der Waals surface area contributed by atoms with Gasteiger partial charge in [0.25, 0.3) is 5.91 Å². The number of ether oxygens (including phenoxy) is 1. The molecule has 0 unspecified atom stereocenters. The average molecular weight is 399 g/mol. The Hall–Kier alpha value is -2.34. The van der Waals surface area contributed by atoms with Crippen LogP contribution in [0.3, 0.4) is 0 Å². The number of benzene rings is 1. The zero-order valence-electron chi connectivity index (χ0n) is 17.4. The maximum atomic E-state index is 12.6. The van der Waals surface area contributed by atoms with E-state index in [0.717, 1.165) is 62.6 Å². The predicted octanol–water partition coefficient (Wildman–Crippen LogP) is 3.43. The maximum absolute atomic E-state index is 12.6. The van der Waals surface area contributed by atoms with E-state index >= 15 is 0 Å². The lowest BCUT2D eigenvalue weighted by Crippen LogP contribution is -2.34. The van der Waals surface area contributed by atoms with Gasteiger partial charge in [-0.2, -0.15) is 0 Å². The van der Waals surface area contributed by atoms with Crippen molar-refractivity contribution in [3.8, 4) is 0 Å². The van der Waals surface area contributed by atoms with E-state index in [0.29, 0.717) is 18.7 Å². The van der Waals surface area contributed by atoms with E-state index in [2.05, 4.69) is 16.3 Å². The number of unbranched alkanes of at least 4 members (excludes halogenated alkanes) is 1. The number of rotatable bonds is 7. The summed E-state index contributed by atoms with van der Waals surface area (Å²) in [5.74, 6) is -0.363. The van der Waals surface area contributed by atoms with Crippen LogP contribution in [0.4, 0.5) is 5.69 Å². The van der Waals surface area contributed by atoms with Crippen molar-refractivity contribution in [2.45, 2.75) is 58.5 Å². The fourth-order valence-electron chi connectivity index (χ4n) is 4.45. The lowest BCUT2D eigenvalue weighted by Gasteiger charge is -2.37. The van der Waals surface area contributed by atoms with Crippen LogP contribution in [0, 0.1) is 0 Å². The molecule has 6 heteroatoms. The summed E-state index contributed by atoms with van der Waals surface area (Å²) in [7, 11) is 0. The first kappa shape index (κ1) is 20.0. The van der Waals surface area contributed by atoms with Gasteiger partial charge in [-0.1, -0.05) is 0 Å². The number of amides is 1. The first-order valence-corrected chi connectivity index (χ1v) is 10.8. The zero-order valence-corrected chi connectivity index (χ0v) is 17.4. The zero-order chi connectivity index (χ0) is 20.4. The molecule has 29 heavy (non-hydrogen) atoms. The van der Waals surface area contributed by atoms with E-state index in [1.54, 1.807) is 6.07 Å². The predicted molar refractivity (Wildman–Crippen MR) is 114 cm³/mol. The van der Waals surface area contributed by atoms with Crippen molar-refractivity contribution in [2.24, 2.45) is 0 Å². The second-order valence-corrected chi connectivity index (χ2v) is 8.31. The van der Waals surface area contributed by atoms with Gasteiger partial charge in [0.1, 0.15) is 11.1 Å². The summed E-state index contributed by atoms with van der Waals surface area (Å²) >= 11 is 0. The molecule has 4 rings (SSSR count). The first-order chi connectivity index (χ1) is 14.0. The van der Waals surface area contributed by atoms with Crippen LogP contribution in [0.25, 0.3) is 11.0 Å². The minimum Gasteiger partial charge on any atom is -0.422 e. The van der Waals surface area contributed by atoms with Gasteiger partial charge in [0.15, 0.2) is 0 Å². The molecule has 0 aliphatic carbocycles. The van der Waals surface area contributed by atoms with E-state index < -0.39 is 5.63 Å². The lowest BCUT2D eigenvalue weighted by atomic mass is 9.90. The average Bonchev–Trinajstić information content (AvgIpc) is 2.70. The van der Waals surface area contributed by atoms with Crippen molar-refractivity contribution in [3.05, 3.63) is 39.2 Å². The number of carbonyl (C=O) groups excluding carboxylic acids is 1. The summed E-state index contributed by atoms with van der Waals surface area (Å²) in [6.45, 7) is 7.34. The highest BCUT2D eigenvalue weighted by atomic mass is 16.5. The topological polar surface area (TPSA) is 71.8 Å². The molecule has 1 N–H and O–H groups in total. The van der Waals surface area contributed by atoms with Gasteiger partial charge in [0.05, 0.1) is 6.10 Å². The fourth-order valence-corrected chi connectivity index (χ4v) is 4.45. The molecule has 3 heterocycles. The van der Waals surface area contributed by atoms with Crippen molar-refractivity contribution in [1.82, 2.24) is 5.32 Å². The van der Waals surface area contributed by atoms with Crippen molar-refractivity contribution in [1.29, 1.82) is 0 Å². The lowest BCUT2D eigenvalue weighted by molar-refractivity contribution is 0.0754. The van der Waals surface area contributed by atoms with Crippen LogP contribution in [-0.2, 0) is 17.6 Å². The summed E-state index contributed by atoms with van der Waals surface area (Å²) in [5.41, 5.74) is 3.90. The summed E-state index contributed by atoms with van der Waals surface area (Å²) in [4.78, 5) is 27.5. The molecule has 0 bridgehead atoms. The van der Waals surface area contributed by atoms with Gasteiger partial charge in [-0.05, 0) is 70.1 Å². The van der Waals surface area contributed by atoms with Crippen molar-refractivity contribution >= 4 is 22.6 Å². The highest BCUT2D eigenvalue weighted by molar-refractivity contribution is 5.98. The monoisotopic (exact) mass is 398 g/mol. The van der Waals surface area contributed by atoms with Crippen LogP contribution in [0.15, 0.2) is 21.3 Å². The molecule has 0 radical (unpaired) electrons. The molecule has 1 aromatic carbocycles. The van der Waals surface area contributed by atoms with Crippen LogP contribution in [0.2, 0.25) is 0 Å². The van der Waals surface area contributed by atoms with Crippen LogP contribution < -0.4 is 15.8 Å². The number of fused-ring (bicyclic) bond motifs is 2. The number of nitrogens with one attached hydrogen (secondary N) is 1. The summed E-state index contributed by atoms with van der Waals surface area (Å²) in [6.07, 6.45) is 6.06. The molecular formula is C23H30N2O4. The van der Waals surface area contributed by atoms with E-state index in [-0.39, 0.29) is 17.6 Å². The molecule has 0 saturated heterocycles. The van der Waals surface area contributed by atoms with Gasteiger partial charge >= 0.3 is 5.63 Å². The SMILES string of the molecule is CC(C)OCCCCNC(=O)c1cc2cc3c4c(c2oc1=O)CCCN4CCC3. The van der Waals surface area contributed by atoms with E-state index in [9.17, 15) is 9.59 Å². The summed E-state index contributed by atoms with van der Waals surface area (Å²) < 4.78 is 11.2. The van der Waals surface area contributed by atoms with Gasteiger partial charge in [-0.3, -0.25) is 4.79 Å². The number of aryl methyl sites for hydroxylation is 2. The van der Waals surface area contributed by atoms with E-state index in [1.807, 2.05) is 13.8 Å². The smallest absolute Gasteiger partial charge is 0.349 e. The second-order valence-electron chi connectivity index (χ2n) is 8.31. The van der Waals surface area contributed by atoms with Gasteiger partial charge in [-0.25, -0.2) is 4.79 Å². The molecule has 156 valence electrons. The quantitative estimate of drug-likeness (QED) is 0.572. The van der Waals surface area contributed by atoms with Crippen LogP contribution >= 0.6 is 0 Å². The molecule has 2 aliphatic rings. The number of anilines is 1. The van der Waals surface area contributed by atoms with Crippen LogP contribution in [0.1, 0.15) is 61.0 Å².